The third kappa shape index (κ3) is 4.53. The number of nitrogens with one attached hydrogen (secondary N) is 1. The number of hydrogen-bond acceptors (Lipinski definition) is 4. The number of ether oxygens (including phenoxy) is 1. The molecular weight excluding hydrogens is 428 g/mol. The Morgan fingerprint density at radius 2 is 1.85 bits per heavy atom. The summed E-state index contributed by atoms with van der Waals surface area (Å²) in [4.78, 5) is 16.6. The zero-order valence-corrected chi connectivity index (χ0v) is 19.1. The van der Waals surface area contributed by atoms with Crippen LogP contribution in [0.5, 0.6) is 5.75 Å². The minimum Gasteiger partial charge on any atom is -0.496 e. The number of rotatable bonds is 6. The monoisotopic (exact) mass is 452 g/mol. The van der Waals surface area contributed by atoms with Gasteiger partial charge in [0.15, 0.2) is 5.69 Å². The molecule has 0 saturated carbocycles. The quantitative estimate of drug-likeness (QED) is 0.385. The van der Waals surface area contributed by atoms with E-state index in [1.165, 1.54) is 4.68 Å². The van der Waals surface area contributed by atoms with Crippen LogP contribution in [0.25, 0.3) is 10.5 Å². The van der Waals surface area contributed by atoms with Gasteiger partial charge in [0, 0.05) is 5.69 Å². The largest absolute Gasteiger partial charge is 0.496 e. The summed E-state index contributed by atoms with van der Waals surface area (Å²) in [5, 5.41) is 18.3. The maximum absolute atomic E-state index is 13.2. The number of amides is 1. The SMILES string of the molecule is [C-]#[N+]c1cccc(-n2nc(C)cc2C(=O)Nc2cccc(C(O)c3cccc(OC)c3C)c2)c1. The van der Waals surface area contributed by atoms with E-state index >= 15 is 0 Å². The molecule has 0 saturated heterocycles. The van der Waals surface area contributed by atoms with Gasteiger partial charge in [-0.3, -0.25) is 4.79 Å². The third-order valence-corrected chi connectivity index (χ3v) is 5.57. The molecule has 0 bridgehead atoms. The van der Waals surface area contributed by atoms with Crippen LogP contribution in [-0.2, 0) is 0 Å². The van der Waals surface area contributed by atoms with E-state index in [4.69, 9.17) is 11.3 Å². The van der Waals surface area contributed by atoms with Gasteiger partial charge < -0.3 is 15.2 Å². The molecule has 1 unspecified atom stereocenters. The summed E-state index contributed by atoms with van der Waals surface area (Å²) in [7, 11) is 1.60. The summed E-state index contributed by atoms with van der Waals surface area (Å²) in [6.07, 6.45) is -0.879. The number of carbonyl (C=O) groups is 1. The standard InChI is InChI=1S/C27H24N4O3/c1-17-14-24(31(30-17)22-11-6-9-20(16-22)28-3)27(33)29-21-10-5-8-19(15-21)26(32)23-12-7-13-25(34-4)18(23)2/h5-16,26,32H,1-2,4H3,(H,29,33). The van der Waals surface area contributed by atoms with Gasteiger partial charge in [0.1, 0.15) is 17.5 Å². The van der Waals surface area contributed by atoms with E-state index in [9.17, 15) is 9.90 Å². The number of carbonyl (C=O) groups excluding carboxylic acids is 1. The lowest BCUT2D eigenvalue weighted by Gasteiger charge is -2.17. The summed E-state index contributed by atoms with van der Waals surface area (Å²) in [6.45, 7) is 10.9. The van der Waals surface area contributed by atoms with Crippen LogP contribution in [0.15, 0.2) is 72.8 Å². The van der Waals surface area contributed by atoms with Crippen LogP contribution in [0.2, 0.25) is 0 Å². The zero-order valence-electron chi connectivity index (χ0n) is 19.1. The number of nitrogens with zero attached hydrogens (tertiary/aromatic N) is 3. The molecule has 0 fully saturated rings. The van der Waals surface area contributed by atoms with Crippen LogP contribution in [0, 0.1) is 20.4 Å². The lowest BCUT2D eigenvalue weighted by molar-refractivity contribution is 0.101. The number of anilines is 1. The Balaban J connectivity index is 1.61. The molecule has 4 aromatic rings. The molecule has 0 radical (unpaired) electrons. The second-order valence-corrected chi connectivity index (χ2v) is 7.87. The maximum atomic E-state index is 13.2. The Morgan fingerprint density at radius 3 is 2.62 bits per heavy atom. The topological polar surface area (TPSA) is 80.7 Å². The van der Waals surface area contributed by atoms with Crippen LogP contribution in [0.3, 0.4) is 0 Å². The summed E-state index contributed by atoms with van der Waals surface area (Å²) in [6, 6.07) is 21.3. The normalized spacial score (nSPS) is 11.5. The molecule has 1 amide bonds. The number of aromatic nitrogens is 2. The predicted octanol–water partition coefficient (Wildman–Crippen LogP) is 5.38. The van der Waals surface area contributed by atoms with Gasteiger partial charge in [-0.2, -0.15) is 5.10 Å². The van der Waals surface area contributed by atoms with Gasteiger partial charge in [-0.25, -0.2) is 9.53 Å². The molecule has 3 aromatic carbocycles. The fraction of sp³-hybridized carbons (Fsp3) is 0.148. The number of methoxy groups -OCH3 is 1. The van der Waals surface area contributed by atoms with Gasteiger partial charge in [0.25, 0.3) is 5.91 Å². The third-order valence-electron chi connectivity index (χ3n) is 5.57. The summed E-state index contributed by atoms with van der Waals surface area (Å²) in [5.41, 5.74) is 4.89. The van der Waals surface area contributed by atoms with E-state index < -0.39 is 6.10 Å². The Labute approximate surface area is 198 Å². The van der Waals surface area contributed by atoms with E-state index in [-0.39, 0.29) is 5.91 Å². The zero-order chi connectivity index (χ0) is 24.2. The van der Waals surface area contributed by atoms with E-state index in [0.29, 0.717) is 39.8 Å². The van der Waals surface area contributed by atoms with Gasteiger partial charge in [-0.05, 0) is 66.9 Å². The average Bonchev–Trinajstić information content (AvgIpc) is 3.26. The molecule has 1 atom stereocenters. The molecule has 34 heavy (non-hydrogen) atoms. The van der Waals surface area contributed by atoms with E-state index in [2.05, 4.69) is 15.3 Å². The average molecular weight is 453 g/mol. The number of benzene rings is 3. The van der Waals surface area contributed by atoms with Gasteiger partial charge >= 0.3 is 0 Å². The first-order valence-corrected chi connectivity index (χ1v) is 10.7. The highest BCUT2D eigenvalue weighted by Gasteiger charge is 2.18. The smallest absolute Gasteiger partial charge is 0.274 e. The Bertz CT molecular complexity index is 1400. The second-order valence-electron chi connectivity index (χ2n) is 7.87. The van der Waals surface area contributed by atoms with Crippen molar-refractivity contribution in [3.8, 4) is 11.4 Å². The lowest BCUT2D eigenvalue weighted by atomic mass is 9.96. The van der Waals surface area contributed by atoms with Crippen LogP contribution in [-0.4, -0.2) is 27.9 Å². The second kappa shape index (κ2) is 9.61. The predicted molar refractivity (Wildman–Crippen MR) is 131 cm³/mol. The van der Waals surface area contributed by atoms with Gasteiger partial charge in [0.05, 0.1) is 25.1 Å². The molecule has 4 rings (SSSR count). The van der Waals surface area contributed by atoms with Crippen molar-refractivity contribution >= 4 is 17.3 Å². The van der Waals surface area contributed by atoms with Crippen molar-refractivity contribution in [2.24, 2.45) is 0 Å². The molecule has 1 heterocycles. The number of aryl methyl sites for hydroxylation is 1. The van der Waals surface area contributed by atoms with Crippen molar-refractivity contribution in [2.75, 3.05) is 12.4 Å². The molecule has 1 aromatic heterocycles. The van der Waals surface area contributed by atoms with Gasteiger partial charge in [0.2, 0.25) is 0 Å². The van der Waals surface area contributed by atoms with Crippen LogP contribution < -0.4 is 10.1 Å². The molecule has 2 N–H and O–H groups in total. The summed E-state index contributed by atoms with van der Waals surface area (Å²) >= 11 is 0. The number of aliphatic hydroxyl groups is 1. The number of hydrogen-bond donors (Lipinski definition) is 2. The Hall–Kier alpha value is -4.41. The summed E-state index contributed by atoms with van der Waals surface area (Å²) in [5.74, 6) is 0.352. The highest BCUT2D eigenvalue weighted by Crippen LogP contribution is 2.31. The van der Waals surface area contributed by atoms with Gasteiger partial charge in [-0.1, -0.05) is 36.4 Å². The molecule has 0 aliphatic heterocycles. The fourth-order valence-corrected chi connectivity index (χ4v) is 3.86. The summed E-state index contributed by atoms with van der Waals surface area (Å²) < 4.78 is 6.89. The number of aliphatic hydroxyl groups excluding tert-OH is 1. The lowest BCUT2D eigenvalue weighted by Crippen LogP contribution is -2.17. The highest BCUT2D eigenvalue weighted by molar-refractivity contribution is 6.03. The first-order valence-electron chi connectivity index (χ1n) is 10.7. The van der Waals surface area contributed by atoms with Crippen molar-refractivity contribution in [3.05, 3.63) is 112 Å². The van der Waals surface area contributed by atoms with Crippen LogP contribution >= 0.6 is 0 Å². The maximum Gasteiger partial charge on any atom is 0.274 e. The molecule has 0 spiro atoms. The minimum atomic E-state index is -0.879. The molecule has 7 nitrogen and oxygen atoms in total. The van der Waals surface area contributed by atoms with Crippen molar-refractivity contribution in [2.45, 2.75) is 20.0 Å². The van der Waals surface area contributed by atoms with E-state index in [0.717, 1.165) is 11.1 Å². The first kappa shape index (κ1) is 22.8. The first-order chi connectivity index (χ1) is 16.4. The van der Waals surface area contributed by atoms with Crippen molar-refractivity contribution in [1.29, 1.82) is 0 Å². The van der Waals surface area contributed by atoms with Crippen molar-refractivity contribution in [1.82, 2.24) is 9.78 Å². The van der Waals surface area contributed by atoms with Crippen LogP contribution in [0.1, 0.15) is 39.0 Å². The molecule has 0 aliphatic rings. The van der Waals surface area contributed by atoms with E-state index in [1.54, 1.807) is 62.6 Å². The fourth-order valence-electron chi connectivity index (χ4n) is 3.86. The minimum absolute atomic E-state index is 0.342. The molecular formula is C27H24N4O3. The molecule has 0 aliphatic carbocycles. The Morgan fingerprint density at radius 1 is 1.09 bits per heavy atom. The van der Waals surface area contributed by atoms with Gasteiger partial charge in [-0.15, -0.1) is 0 Å². The molecule has 7 heteroatoms. The van der Waals surface area contributed by atoms with Crippen molar-refractivity contribution in [3.63, 3.8) is 0 Å². The van der Waals surface area contributed by atoms with Crippen molar-refractivity contribution < 1.29 is 14.6 Å². The van der Waals surface area contributed by atoms with E-state index in [1.807, 2.05) is 31.2 Å². The van der Waals surface area contributed by atoms with Crippen LogP contribution in [0.4, 0.5) is 11.4 Å². The highest BCUT2D eigenvalue weighted by atomic mass is 16.5. The molecule has 170 valence electrons. The Kier molecular flexibility index (Phi) is 6.44.